The molecular weight excluding hydrogens is 480 g/mol. The van der Waals surface area contributed by atoms with Crippen LogP contribution in [0.3, 0.4) is 0 Å². The molecule has 0 unspecified atom stereocenters. The van der Waals surface area contributed by atoms with Crippen molar-refractivity contribution in [3.63, 3.8) is 0 Å². The Labute approximate surface area is 221 Å². The van der Waals surface area contributed by atoms with Crippen molar-refractivity contribution < 1.29 is 27.8 Å². The summed E-state index contributed by atoms with van der Waals surface area (Å²) < 4.78 is 53.0. The fourth-order valence-corrected chi connectivity index (χ4v) is 4.27. The lowest BCUT2D eigenvalue weighted by Crippen LogP contribution is -1.95. The fourth-order valence-electron chi connectivity index (χ4n) is 4.27. The molecule has 0 amide bonds. The first-order chi connectivity index (χ1) is 17.8. The van der Waals surface area contributed by atoms with Gasteiger partial charge >= 0.3 is 0 Å². The molecule has 0 fully saturated rings. The Balaban J connectivity index is 0.000000371. The van der Waals surface area contributed by atoms with Gasteiger partial charge in [-0.25, -0.2) is 8.78 Å². The summed E-state index contributed by atoms with van der Waals surface area (Å²) in [5.74, 6) is -5.29. The van der Waals surface area contributed by atoms with Crippen LogP contribution in [-0.2, 0) is 12.8 Å². The molecule has 0 saturated carbocycles. The zero-order valence-corrected chi connectivity index (χ0v) is 22.7. The van der Waals surface area contributed by atoms with Gasteiger partial charge in [-0.1, -0.05) is 109 Å². The SMILES string of the molecule is CCCCCCCCCCc1ccc(O)c(F)c1F.CCCCCCCCCc1ccc(O)c(F)c1F. The van der Waals surface area contributed by atoms with Gasteiger partial charge in [0.1, 0.15) is 0 Å². The fraction of sp³-hybridized carbons (Fsp3) is 0.613. The lowest BCUT2D eigenvalue weighted by atomic mass is 10.0. The number of halogens is 4. The van der Waals surface area contributed by atoms with Crippen LogP contribution in [0.25, 0.3) is 0 Å². The third-order valence-electron chi connectivity index (χ3n) is 6.63. The third-order valence-corrected chi connectivity index (χ3v) is 6.63. The van der Waals surface area contributed by atoms with Crippen LogP contribution in [0.15, 0.2) is 24.3 Å². The number of phenols is 2. The molecule has 210 valence electrons. The summed E-state index contributed by atoms with van der Waals surface area (Å²) in [6, 6.07) is 5.37. The van der Waals surface area contributed by atoms with Crippen LogP contribution in [0, 0.1) is 23.3 Å². The Morgan fingerprint density at radius 3 is 1.05 bits per heavy atom. The van der Waals surface area contributed by atoms with Gasteiger partial charge in [0.2, 0.25) is 11.6 Å². The maximum atomic E-state index is 13.4. The number of hydrogen-bond acceptors (Lipinski definition) is 2. The molecule has 0 bridgehead atoms. The van der Waals surface area contributed by atoms with E-state index in [9.17, 15) is 17.6 Å². The van der Waals surface area contributed by atoms with Crippen molar-refractivity contribution in [3.8, 4) is 11.5 Å². The molecule has 2 nitrogen and oxygen atoms in total. The summed E-state index contributed by atoms with van der Waals surface area (Å²) in [4.78, 5) is 0. The molecule has 0 heterocycles. The number of rotatable bonds is 17. The smallest absolute Gasteiger partial charge is 0.200 e. The topological polar surface area (TPSA) is 40.5 Å². The molecule has 0 aromatic heterocycles. The second-order valence-corrected chi connectivity index (χ2v) is 9.84. The zero-order valence-electron chi connectivity index (χ0n) is 22.7. The summed E-state index contributed by atoms with van der Waals surface area (Å²) in [6.07, 6.45) is 18.6. The van der Waals surface area contributed by atoms with Crippen LogP contribution in [0.5, 0.6) is 11.5 Å². The summed E-state index contributed by atoms with van der Waals surface area (Å²) in [7, 11) is 0. The number of unbranched alkanes of at least 4 members (excludes halogenated alkanes) is 13. The first-order valence-corrected chi connectivity index (χ1v) is 14.1. The number of aryl methyl sites for hydroxylation is 2. The molecular formula is C31H46F4O2. The second kappa shape index (κ2) is 19.8. The van der Waals surface area contributed by atoms with Crippen LogP contribution in [0.1, 0.15) is 121 Å². The molecule has 0 aliphatic heterocycles. The average molecular weight is 527 g/mol. The standard InChI is InChI=1S/C16H24F2O.C15H22F2O/c1-2-3-4-5-6-7-8-9-10-13-11-12-14(19)16(18)15(13)17;1-2-3-4-5-6-7-8-9-12-10-11-13(18)15(17)14(12)16/h11-12,19H,2-10H2,1H3;10-11,18H,2-9H2,1H3. The predicted molar refractivity (Wildman–Crippen MR) is 144 cm³/mol. The van der Waals surface area contributed by atoms with E-state index in [0.717, 1.165) is 38.5 Å². The molecule has 6 heteroatoms. The van der Waals surface area contributed by atoms with E-state index in [1.807, 2.05) is 0 Å². The predicted octanol–water partition coefficient (Wildman–Crippen LogP) is 10.3. The van der Waals surface area contributed by atoms with E-state index in [-0.39, 0.29) is 0 Å². The van der Waals surface area contributed by atoms with Crippen LogP contribution >= 0.6 is 0 Å². The first kappa shape index (κ1) is 32.8. The van der Waals surface area contributed by atoms with Crippen LogP contribution in [0.4, 0.5) is 17.6 Å². The van der Waals surface area contributed by atoms with E-state index < -0.39 is 34.8 Å². The van der Waals surface area contributed by atoms with Gasteiger partial charge in [-0.05, 0) is 48.9 Å². The molecule has 0 radical (unpaired) electrons. The highest BCUT2D eigenvalue weighted by Gasteiger charge is 2.13. The van der Waals surface area contributed by atoms with Gasteiger partial charge in [0.05, 0.1) is 0 Å². The molecule has 2 aromatic rings. The molecule has 0 aliphatic rings. The molecule has 2 rings (SSSR count). The van der Waals surface area contributed by atoms with Gasteiger partial charge in [-0.15, -0.1) is 0 Å². The first-order valence-electron chi connectivity index (χ1n) is 14.1. The van der Waals surface area contributed by atoms with Gasteiger partial charge in [0.25, 0.3) is 0 Å². The number of hydrogen-bond donors (Lipinski definition) is 2. The van der Waals surface area contributed by atoms with E-state index in [4.69, 9.17) is 10.2 Å². The Morgan fingerprint density at radius 2 is 0.730 bits per heavy atom. The third kappa shape index (κ3) is 13.2. The molecule has 37 heavy (non-hydrogen) atoms. The van der Waals surface area contributed by atoms with Crippen molar-refractivity contribution in [2.45, 2.75) is 123 Å². The van der Waals surface area contributed by atoms with E-state index in [1.165, 1.54) is 82.1 Å². The maximum absolute atomic E-state index is 13.4. The van der Waals surface area contributed by atoms with Crippen molar-refractivity contribution >= 4 is 0 Å². The van der Waals surface area contributed by atoms with Crippen molar-refractivity contribution in [2.75, 3.05) is 0 Å². The highest BCUT2D eigenvalue weighted by molar-refractivity contribution is 5.30. The van der Waals surface area contributed by atoms with Crippen LogP contribution < -0.4 is 0 Å². The summed E-state index contributed by atoms with van der Waals surface area (Å²) in [6.45, 7) is 4.38. The highest BCUT2D eigenvalue weighted by Crippen LogP contribution is 2.24. The highest BCUT2D eigenvalue weighted by atomic mass is 19.2. The second-order valence-electron chi connectivity index (χ2n) is 9.84. The monoisotopic (exact) mass is 526 g/mol. The van der Waals surface area contributed by atoms with Crippen LogP contribution in [0.2, 0.25) is 0 Å². The quantitative estimate of drug-likeness (QED) is 0.159. The Morgan fingerprint density at radius 1 is 0.432 bits per heavy atom. The minimum atomic E-state index is -1.13. The molecule has 0 spiro atoms. The van der Waals surface area contributed by atoms with Gasteiger partial charge in [0.15, 0.2) is 23.1 Å². The van der Waals surface area contributed by atoms with E-state index >= 15 is 0 Å². The normalized spacial score (nSPS) is 10.9. The van der Waals surface area contributed by atoms with E-state index in [0.29, 0.717) is 24.0 Å². The lowest BCUT2D eigenvalue weighted by Gasteiger charge is -2.05. The van der Waals surface area contributed by atoms with Gasteiger partial charge in [-0.2, -0.15) is 8.78 Å². The zero-order chi connectivity index (χ0) is 27.5. The van der Waals surface area contributed by atoms with Crippen molar-refractivity contribution in [1.82, 2.24) is 0 Å². The Hall–Kier alpha value is -2.24. The minimum absolute atomic E-state index is 0.360. The van der Waals surface area contributed by atoms with E-state index in [2.05, 4.69) is 13.8 Å². The maximum Gasteiger partial charge on any atom is 0.200 e. The van der Waals surface area contributed by atoms with Gasteiger partial charge in [-0.3, -0.25) is 0 Å². The number of aromatic hydroxyl groups is 2. The van der Waals surface area contributed by atoms with Crippen molar-refractivity contribution in [1.29, 1.82) is 0 Å². The summed E-state index contributed by atoms with van der Waals surface area (Å²) >= 11 is 0. The molecule has 0 saturated heterocycles. The average Bonchev–Trinajstić information content (AvgIpc) is 2.89. The molecule has 2 N–H and O–H groups in total. The minimum Gasteiger partial charge on any atom is -0.505 e. The van der Waals surface area contributed by atoms with Crippen molar-refractivity contribution in [3.05, 3.63) is 58.7 Å². The summed E-state index contributed by atoms with van der Waals surface area (Å²) in [5, 5.41) is 18.0. The Kier molecular flexibility index (Phi) is 17.6. The van der Waals surface area contributed by atoms with Crippen molar-refractivity contribution in [2.24, 2.45) is 0 Å². The lowest BCUT2D eigenvalue weighted by molar-refractivity contribution is 0.403. The van der Waals surface area contributed by atoms with Gasteiger partial charge < -0.3 is 10.2 Å². The van der Waals surface area contributed by atoms with Gasteiger partial charge in [0, 0.05) is 0 Å². The van der Waals surface area contributed by atoms with Crippen LogP contribution in [-0.4, -0.2) is 10.2 Å². The number of benzene rings is 2. The molecule has 0 aliphatic carbocycles. The number of phenolic OH excluding ortho intramolecular Hbond substituents is 2. The largest absolute Gasteiger partial charge is 0.505 e. The summed E-state index contributed by atoms with van der Waals surface area (Å²) in [5.41, 5.74) is 0.722. The van der Waals surface area contributed by atoms with E-state index in [1.54, 1.807) is 0 Å². The Bertz CT molecular complexity index is 886. The molecule has 0 atom stereocenters. The molecule has 2 aromatic carbocycles.